The van der Waals surface area contributed by atoms with Gasteiger partial charge in [0.05, 0.1) is 13.4 Å². The molecular weight excluding hydrogens is 336 g/mol. The summed E-state index contributed by atoms with van der Waals surface area (Å²) in [6.45, 7) is 0.510. The zero-order valence-corrected chi connectivity index (χ0v) is 15.1. The van der Waals surface area contributed by atoms with Gasteiger partial charge in [-0.3, -0.25) is 0 Å². The molecule has 0 fully saturated rings. The van der Waals surface area contributed by atoms with Crippen LogP contribution in [0.5, 0.6) is 11.5 Å². The fourth-order valence-electron chi connectivity index (χ4n) is 2.98. The highest BCUT2D eigenvalue weighted by atomic mass is 16.5. The Morgan fingerprint density at radius 2 is 1.67 bits per heavy atom. The first kappa shape index (κ1) is 17.0. The van der Waals surface area contributed by atoms with Crippen LogP contribution in [0.3, 0.4) is 0 Å². The van der Waals surface area contributed by atoms with E-state index in [0.29, 0.717) is 6.61 Å². The summed E-state index contributed by atoms with van der Waals surface area (Å²) in [6.07, 6.45) is 5.85. The second-order valence-corrected chi connectivity index (χ2v) is 6.16. The molecule has 134 valence electrons. The van der Waals surface area contributed by atoms with E-state index in [0.717, 1.165) is 39.2 Å². The summed E-state index contributed by atoms with van der Waals surface area (Å²) in [5, 5.41) is 1.03. The molecule has 3 nitrogen and oxygen atoms in total. The van der Waals surface area contributed by atoms with Gasteiger partial charge in [-0.1, -0.05) is 48.5 Å². The predicted molar refractivity (Wildman–Crippen MR) is 109 cm³/mol. The average molecular weight is 356 g/mol. The molecule has 3 heteroatoms. The molecule has 0 spiro atoms. The Bertz CT molecular complexity index is 1040. The lowest BCUT2D eigenvalue weighted by atomic mass is 10.0. The van der Waals surface area contributed by atoms with Crippen LogP contribution in [0.1, 0.15) is 5.56 Å². The zero-order valence-electron chi connectivity index (χ0n) is 15.1. The summed E-state index contributed by atoms with van der Waals surface area (Å²) in [4.78, 5) is 0. The van der Waals surface area contributed by atoms with Gasteiger partial charge in [0.2, 0.25) is 0 Å². The van der Waals surface area contributed by atoms with E-state index in [2.05, 4.69) is 18.2 Å². The SMILES string of the molecule is COc1ccc(-c2coc3ccc(OC/C=C/c4ccccc4)cc23)cc1. The quantitative estimate of drug-likeness (QED) is 0.412. The minimum Gasteiger partial charge on any atom is -0.497 e. The second-order valence-electron chi connectivity index (χ2n) is 6.16. The lowest BCUT2D eigenvalue weighted by Crippen LogP contribution is -1.92. The number of hydrogen-bond acceptors (Lipinski definition) is 3. The molecule has 0 aliphatic heterocycles. The summed E-state index contributed by atoms with van der Waals surface area (Å²) in [7, 11) is 1.66. The van der Waals surface area contributed by atoms with Gasteiger partial charge in [-0.2, -0.15) is 0 Å². The van der Waals surface area contributed by atoms with Crippen molar-refractivity contribution < 1.29 is 13.9 Å². The van der Waals surface area contributed by atoms with E-state index in [1.54, 1.807) is 13.4 Å². The van der Waals surface area contributed by atoms with Crippen molar-refractivity contribution in [3.63, 3.8) is 0 Å². The van der Waals surface area contributed by atoms with Crippen LogP contribution in [0, 0.1) is 0 Å². The molecule has 0 N–H and O–H groups in total. The van der Waals surface area contributed by atoms with E-state index >= 15 is 0 Å². The first-order valence-corrected chi connectivity index (χ1v) is 8.83. The van der Waals surface area contributed by atoms with Crippen molar-refractivity contribution in [3.8, 4) is 22.6 Å². The Morgan fingerprint density at radius 1 is 0.889 bits per heavy atom. The minimum atomic E-state index is 0.510. The third-order valence-corrected chi connectivity index (χ3v) is 4.40. The third-order valence-electron chi connectivity index (χ3n) is 4.40. The van der Waals surface area contributed by atoms with Crippen molar-refractivity contribution in [1.82, 2.24) is 0 Å². The lowest BCUT2D eigenvalue weighted by molar-refractivity contribution is 0.364. The summed E-state index contributed by atoms with van der Waals surface area (Å²) >= 11 is 0. The Balaban J connectivity index is 1.52. The highest BCUT2D eigenvalue weighted by molar-refractivity contribution is 5.94. The van der Waals surface area contributed by atoms with Crippen LogP contribution < -0.4 is 9.47 Å². The Kier molecular flexibility index (Phi) is 4.93. The molecule has 0 atom stereocenters. The van der Waals surface area contributed by atoms with E-state index in [4.69, 9.17) is 13.9 Å². The maximum atomic E-state index is 5.88. The molecule has 0 aliphatic rings. The van der Waals surface area contributed by atoms with Crippen LogP contribution in [0.15, 0.2) is 89.6 Å². The summed E-state index contributed by atoms with van der Waals surface area (Å²) in [5.74, 6) is 1.65. The molecule has 3 aromatic carbocycles. The van der Waals surface area contributed by atoms with Crippen LogP contribution in [-0.4, -0.2) is 13.7 Å². The van der Waals surface area contributed by atoms with Gasteiger partial charge in [0.25, 0.3) is 0 Å². The monoisotopic (exact) mass is 356 g/mol. The van der Waals surface area contributed by atoms with Crippen molar-refractivity contribution in [2.45, 2.75) is 0 Å². The number of rotatable bonds is 6. The summed E-state index contributed by atoms with van der Waals surface area (Å²) in [6, 6.07) is 24.0. The zero-order chi connectivity index (χ0) is 18.5. The smallest absolute Gasteiger partial charge is 0.134 e. The highest BCUT2D eigenvalue weighted by Crippen LogP contribution is 2.33. The van der Waals surface area contributed by atoms with Gasteiger partial charge in [-0.25, -0.2) is 0 Å². The third kappa shape index (κ3) is 3.87. The first-order chi connectivity index (χ1) is 13.3. The summed E-state index contributed by atoms with van der Waals surface area (Å²) in [5.41, 5.74) is 4.12. The van der Waals surface area contributed by atoms with E-state index in [-0.39, 0.29) is 0 Å². The number of hydrogen-bond donors (Lipinski definition) is 0. The first-order valence-electron chi connectivity index (χ1n) is 8.83. The maximum absolute atomic E-state index is 5.88. The number of fused-ring (bicyclic) bond motifs is 1. The van der Waals surface area contributed by atoms with Crippen molar-refractivity contribution >= 4 is 17.0 Å². The molecule has 27 heavy (non-hydrogen) atoms. The van der Waals surface area contributed by atoms with Crippen molar-refractivity contribution in [2.75, 3.05) is 13.7 Å². The molecular formula is C24H20O3. The molecule has 0 amide bonds. The molecule has 1 aromatic heterocycles. The van der Waals surface area contributed by atoms with Gasteiger partial charge in [-0.05, 0) is 47.5 Å². The van der Waals surface area contributed by atoms with Gasteiger partial charge in [-0.15, -0.1) is 0 Å². The topological polar surface area (TPSA) is 31.6 Å². The molecule has 0 saturated carbocycles. The Labute approximate surface area is 158 Å². The van der Waals surface area contributed by atoms with Gasteiger partial charge >= 0.3 is 0 Å². The molecule has 0 radical (unpaired) electrons. The van der Waals surface area contributed by atoms with Crippen LogP contribution in [0.25, 0.3) is 28.2 Å². The van der Waals surface area contributed by atoms with E-state index in [1.165, 1.54) is 0 Å². The fourth-order valence-corrected chi connectivity index (χ4v) is 2.98. The van der Waals surface area contributed by atoms with Crippen LogP contribution >= 0.6 is 0 Å². The standard InChI is InChI=1S/C24H20O3/c1-25-20-11-9-19(10-12-20)23-17-27-24-14-13-21(16-22(23)24)26-15-5-8-18-6-3-2-4-7-18/h2-14,16-17H,15H2,1H3/b8-5+. The summed E-state index contributed by atoms with van der Waals surface area (Å²) < 4.78 is 16.8. The molecule has 0 bridgehead atoms. The second kappa shape index (κ2) is 7.83. The van der Waals surface area contributed by atoms with E-state index in [1.807, 2.05) is 66.7 Å². The largest absolute Gasteiger partial charge is 0.497 e. The normalized spacial score (nSPS) is 11.1. The number of benzene rings is 3. The Morgan fingerprint density at radius 3 is 2.44 bits per heavy atom. The number of methoxy groups -OCH3 is 1. The Hall–Kier alpha value is -3.46. The van der Waals surface area contributed by atoms with Gasteiger partial charge in [0.1, 0.15) is 23.7 Å². The average Bonchev–Trinajstić information content (AvgIpc) is 3.15. The minimum absolute atomic E-state index is 0.510. The van der Waals surface area contributed by atoms with Crippen LogP contribution in [0.4, 0.5) is 0 Å². The van der Waals surface area contributed by atoms with Crippen molar-refractivity contribution in [1.29, 1.82) is 0 Å². The van der Waals surface area contributed by atoms with Crippen molar-refractivity contribution in [2.24, 2.45) is 0 Å². The predicted octanol–water partition coefficient (Wildman–Crippen LogP) is 6.20. The molecule has 4 aromatic rings. The molecule has 0 unspecified atom stereocenters. The number of ether oxygens (including phenoxy) is 2. The van der Waals surface area contributed by atoms with Gasteiger partial charge in [0.15, 0.2) is 0 Å². The van der Waals surface area contributed by atoms with Gasteiger partial charge < -0.3 is 13.9 Å². The van der Waals surface area contributed by atoms with E-state index < -0.39 is 0 Å². The molecule has 4 rings (SSSR count). The number of furan rings is 1. The van der Waals surface area contributed by atoms with Gasteiger partial charge in [0, 0.05) is 10.9 Å². The fraction of sp³-hybridized carbons (Fsp3) is 0.0833. The molecule has 0 saturated heterocycles. The van der Waals surface area contributed by atoms with Crippen molar-refractivity contribution in [3.05, 3.63) is 90.7 Å². The molecule has 0 aliphatic carbocycles. The van der Waals surface area contributed by atoms with E-state index in [9.17, 15) is 0 Å². The highest BCUT2D eigenvalue weighted by Gasteiger charge is 2.09. The van der Waals surface area contributed by atoms with Crippen LogP contribution in [0.2, 0.25) is 0 Å². The maximum Gasteiger partial charge on any atom is 0.134 e. The van der Waals surface area contributed by atoms with Crippen LogP contribution in [-0.2, 0) is 0 Å². The lowest BCUT2D eigenvalue weighted by Gasteiger charge is -2.05. The molecule has 1 heterocycles.